The number of hydrogen-bond acceptors (Lipinski definition) is 8. The highest BCUT2D eigenvalue weighted by molar-refractivity contribution is 7.99. The highest BCUT2D eigenvalue weighted by Gasteiger charge is 2.45. The molecule has 0 bridgehead atoms. The molecule has 0 saturated carbocycles. The first-order valence-electron chi connectivity index (χ1n) is 13.2. The summed E-state index contributed by atoms with van der Waals surface area (Å²) in [4.78, 5) is 39.8. The summed E-state index contributed by atoms with van der Waals surface area (Å²) in [7, 11) is 0. The molecule has 8 heteroatoms. The van der Waals surface area contributed by atoms with E-state index in [2.05, 4.69) is 0 Å². The van der Waals surface area contributed by atoms with E-state index in [0.717, 1.165) is 4.90 Å². The van der Waals surface area contributed by atoms with Crippen LogP contribution in [0.3, 0.4) is 0 Å². The van der Waals surface area contributed by atoms with Crippen molar-refractivity contribution < 1.29 is 33.3 Å². The Morgan fingerprint density at radius 2 is 1.10 bits per heavy atom. The minimum absolute atomic E-state index is 0.0711. The van der Waals surface area contributed by atoms with Gasteiger partial charge in [0.2, 0.25) is 0 Å². The fourth-order valence-electron chi connectivity index (χ4n) is 4.34. The Morgan fingerprint density at radius 1 is 0.634 bits per heavy atom. The summed E-state index contributed by atoms with van der Waals surface area (Å²) in [6, 6.07) is 35.4. The van der Waals surface area contributed by atoms with Gasteiger partial charge in [-0.25, -0.2) is 14.4 Å². The molecular weight excluding hydrogens is 540 g/mol. The lowest BCUT2D eigenvalue weighted by Crippen LogP contribution is -2.52. The molecule has 0 aliphatic carbocycles. The van der Waals surface area contributed by atoms with E-state index in [1.54, 1.807) is 84.9 Å². The largest absolute Gasteiger partial charge is 0.459 e. The molecule has 1 heterocycles. The van der Waals surface area contributed by atoms with E-state index in [1.807, 2.05) is 36.4 Å². The van der Waals surface area contributed by atoms with Gasteiger partial charge in [-0.2, -0.15) is 0 Å². The van der Waals surface area contributed by atoms with Crippen LogP contribution in [0.25, 0.3) is 0 Å². The van der Waals surface area contributed by atoms with E-state index >= 15 is 0 Å². The number of thioether (sulfide) groups is 1. The van der Waals surface area contributed by atoms with E-state index in [4.69, 9.17) is 18.9 Å². The molecule has 4 aromatic rings. The Hall–Kier alpha value is -4.40. The number of esters is 3. The Kier molecular flexibility index (Phi) is 9.46. The van der Waals surface area contributed by atoms with Crippen molar-refractivity contribution in [3.63, 3.8) is 0 Å². The molecule has 7 nitrogen and oxygen atoms in total. The van der Waals surface area contributed by atoms with Gasteiger partial charge >= 0.3 is 17.9 Å². The van der Waals surface area contributed by atoms with E-state index in [-0.39, 0.29) is 13.0 Å². The quantitative estimate of drug-likeness (QED) is 0.174. The SMILES string of the molecule is O=C(OC[C@@H]1C[C@H](OC(=O)c2ccccc2)[C@@H](OC(=O)c2ccccc2)[C@H](Sc2ccccc2)O1)c1ccccc1. The zero-order valence-electron chi connectivity index (χ0n) is 22.0. The van der Waals surface area contributed by atoms with Crippen LogP contribution in [0.4, 0.5) is 0 Å². The van der Waals surface area contributed by atoms with Gasteiger partial charge in [-0.15, -0.1) is 0 Å². The lowest BCUT2D eigenvalue weighted by molar-refractivity contribution is -0.151. The first-order valence-corrected chi connectivity index (χ1v) is 14.1. The molecule has 0 unspecified atom stereocenters. The van der Waals surface area contributed by atoms with E-state index in [1.165, 1.54) is 11.8 Å². The summed E-state index contributed by atoms with van der Waals surface area (Å²) in [6.45, 7) is -0.0711. The second kappa shape index (κ2) is 13.8. The van der Waals surface area contributed by atoms with E-state index in [0.29, 0.717) is 16.7 Å². The maximum atomic E-state index is 13.2. The van der Waals surface area contributed by atoms with Crippen LogP contribution in [0.15, 0.2) is 126 Å². The number of benzene rings is 4. The summed E-state index contributed by atoms with van der Waals surface area (Å²) in [5, 5.41) is 0. The van der Waals surface area contributed by atoms with Crippen LogP contribution in [0.1, 0.15) is 37.5 Å². The maximum Gasteiger partial charge on any atom is 0.338 e. The molecule has 1 aliphatic heterocycles. The highest BCUT2D eigenvalue weighted by atomic mass is 32.2. The fraction of sp³-hybridized carbons (Fsp3) is 0.182. The Labute approximate surface area is 242 Å². The Morgan fingerprint density at radius 3 is 1.63 bits per heavy atom. The molecule has 5 rings (SSSR count). The average molecular weight is 569 g/mol. The molecule has 0 N–H and O–H groups in total. The normalized spacial score (nSPS) is 20.0. The van der Waals surface area contributed by atoms with Crippen molar-refractivity contribution in [2.45, 2.75) is 35.1 Å². The van der Waals surface area contributed by atoms with Crippen LogP contribution in [-0.2, 0) is 18.9 Å². The first-order chi connectivity index (χ1) is 20.1. The monoisotopic (exact) mass is 568 g/mol. The lowest BCUT2D eigenvalue weighted by Gasteiger charge is -2.40. The smallest absolute Gasteiger partial charge is 0.338 e. The molecule has 1 saturated heterocycles. The molecule has 4 aromatic carbocycles. The van der Waals surface area contributed by atoms with Gasteiger partial charge in [0.15, 0.2) is 6.10 Å². The topological polar surface area (TPSA) is 88.1 Å². The molecule has 0 aromatic heterocycles. The van der Waals surface area contributed by atoms with Crippen molar-refractivity contribution in [3.05, 3.63) is 138 Å². The number of ether oxygens (including phenoxy) is 4. The number of carbonyl (C=O) groups is 3. The molecule has 4 atom stereocenters. The van der Waals surface area contributed by atoms with Gasteiger partial charge in [0.25, 0.3) is 0 Å². The summed E-state index contributed by atoms with van der Waals surface area (Å²) < 4.78 is 23.9. The third-order valence-electron chi connectivity index (χ3n) is 6.38. The van der Waals surface area contributed by atoms with Gasteiger partial charge in [-0.1, -0.05) is 84.6 Å². The third-order valence-corrected chi connectivity index (χ3v) is 7.54. The van der Waals surface area contributed by atoms with Crippen LogP contribution in [0, 0.1) is 0 Å². The van der Waals surface area contributed by atoms with Gasteiger partial charge in [-0.3, -0.25) is 0 Å². The average Bonchev–Trinajstić information content (AvgIpc) is 3.03. The highest BCUT2D eigenvalue weighted by Crippen LogP contribution is 2.36. The first kappa shape index (κ1) is 28.1. The molecule has 208 valence electrons. The van der Waals surface area contributed by atoms with Crippen molar-refractivity contribution in [2.75, 3.05) is 6.61 Å². The summed E-state index contributed by atoms with van der Waals surface area (Å²) in [6.07, 6.45) is -2.28. The molecule has 0 radical (unpaired) electrons. The van der Waals surface area contributed by atoms with Gasteiger partial charge in [-0.05, 0) is 48.5 Å². The minimum atomic E-state index is -0.943. The summed E-state index contributed by atoms with van der Waals surface area (Å²) >= 11 is 1.34. The van der Waals surface area contributed by atoms with Gasteiger partial charge in [0.1, 0.15) is 18.1 Å². The number of rotatable bonds is 9. The van der Waals surface area contributed by atoms with Crippen LogP contribution in [0.2, 0.25) is 0 Å². The van der Waals surface area contributed by atoms with Gasteiger partial charge in [0, 0.05) is 11.3 Å². The van der Waals surface area contributed by atoms with Crippen molar-refractivity contribution >= 4 is 29.7 Å². The van der Waals surface area contributed by atoms with Gasteiger partial charge in [0.05, 0.1) is 22.8 Å². The zero-order valence-corrected chi connectivity index (χ0v) is 22.9. The molecule has 1 fully saturated rings. The number of carbonyl (C=O) groups excluding carboxylic acids is 3. The van der Waals surface area contributed by atoms with Crippen LogP contribution in [-0.4, -0.2) is 48.3 Å². The fourth-order valence-corrected chi connectivity index (χ4v) is 5.51. The van der Waals surface area contributed by atoms with Gasteiger partial charge < -0.3 is 18.9 Å². The van der Waals surface area contributed by atoms with Crippen LogP contribution < -0.4 is 0 Å². The lowest BCUT2D eigenvalue weighted by atomic mass is 10.0. The zero-order chi connectivity index (χ0) is 28.4. The molecule has 0 spiro atoms. The predicted octanol–water partition coefficient (Wildman–Crippen LogP) is 6.20. The molecule has 1 aliphatic rings. The molecular formula is C33H28O7S. The van der Waals surface area contributed by atoms with Crippen molar-refractivity contribution in [2.24, 2.45) is 0 Å². The Balaban J connectivity index is 1.41. The van der Waals surface area contributed by atoms with Crippen molar-refractivity contribution in [1.82, 2.24) is 0 Å². The number of hydrogen-bond donors (Lipinski definition) is 0. The van der Waals surface area contributed by atoms with Crippen molar-refractivity contribution in [1.29, 1.82) is 0 Å². The standard InChI is InChI=1S/C33H28O7S/c34-30(23-13-5-1-6-14-23)37-22-26-21-28(39-31(35)24-15-7-2-8-16-24)29(40-32(36)25-17-9-3-10-18-25)33(38-26)41-27-19-11-4-12-20-27/h1-20,26,28-29,33H,21-22H2/t26-,28-,29+,33-/m0/s1. The van der Waals surface area contributed by atoms with Crippen LogP contribution in [0.5, 0.6) is 0 Å². The second-order valence-corrected chi connectivity index (χ2v) is 10.5. The third kappa shape index (κ3) is 7.63. The maximum absolute atomic E-state index is 13.2. The van der Waals surface area contributed by atoms with E-state index < -0.39 is 41.7 Å². The summed E-state index contributed by atoms with van der Waals surface area (Å²) in [5.41, 5.74) is 0.391. The minimum Gasteiger partial charge on any atom is -0.459 e. The molecule has 0 amide bonds. The molecule has 41 heavy (non-hydrogen) atoms. The summed E-state index contributed by atoms with van der Waals surface area (Å²) in [5.74, 6) is -1.61. The van der Waals surface area contributed by atoms with Crippen molar-refractivity contribution in [3.8, 4) is 0 Å². The van der Waals surface area contributed by atoms with E-state index in [9.17, 15) is 14.4 Å². The van der Waals surface area contributed by atoms with Crippen LogP contribution >= 0.6 is 11.8 Å². The second-order valence-electron chi connectivity index (χ2n) is 9.30. The predicted molar refractivity (Wildman–Crippen MR) is 154 cm³/mol. The Bertz CT molecular complexity index is 1430.